The molecule has 0 unspecified atom stereocenters. The van der Waals surface area contributed by atoms with Gasteiger partial charge in [0.05, 0.1) is 12.8 Å². The van der Waals surface area contributed by atoms with Crippen LogP contribution in [0.1, 0.15) is 34.2 Å². The summed E-state index contributed by atoms with van der Waals surface area (Å²) in [6, 6.07) is 25.7. The van der Waals surface area contributed by atoms with E-state index in [9.17, 15) is 4.79 Å². The van der Waals surface area contributed by atoms with Gasteiger partial charge in [0.1, 0.15) is 11.3 Å². The second-order valence-electron chi connectivity index (χ2n) is 8.46. The molecule has 0 fully saturated rings. The smallest absolute Gasteiger partial charge is 0.251 e. The third-order valence-corrected chi connectivity index (χ3v) is 6.75. The fraction of sp³-hybridized carbons (Fsp3) is 0.179. The van der Waals surface area contributed by atoms with Crippen LogP contribution in [0, 0.1) is 0 Å². The molecule has 0 radical (unpaired) electrons. The van der Waals surface area contributed by atoms with Gasteiger partial charge in [-0.05, 0) is 54.4 Å². The number of nitrogens with one attached hydrogen (secondary N) is 1. The average Bonchev–Trinajstić information content (AvgIpc) is 3.51. The normalized spacial score (nSPS) is 12.0. The highest BCUT2D eigenvalue weighted by molar-refractivity contribution is 7.98. The molecule has 35 heavy (non-hydrogen) atoms. The number of fused-ring (bicyclic) bond motifs is 1. The van der Waals surface area contributed by atoms with Crippen LogP contribution in [0.4, 0.5) is 0 Å². The van der Waals surface area contributed by atoms with Gasteiger partial charge in [-0.1, -0.05) is 54.2 Å². The Labute approximate surface area is 208 Å². The van der Waals surface area contributed by atoms with Crippen LogP contribution in [-0.4, -0.2) is 26.5 Å². The molecule has 3 aromatic heterocycles. The third kappa shape index (κ3) is 5.63. The molecule has 0 bridgehead atoms. The molecule has 7 heteroatoms. The van der Waals surface area contributed by atoms with Crippen molar-refractivity contribution in [3.05, 3.63) is 114 Å². The molecular formula is C28H26N4O2S. The minimum Gasteiger partial charge on any atom is -0.469 e. The predicted octanol–water partition coefficient (Wildman–Crippen LogP) is 5.73. The Morgan fingerprint density at radius 2 is 1.83 bits per heavy atom. The lowest BCUT2D eigenvalue weighted by Gasteiger charge is -2.13. The van der Waals surface area contributed by atoms with E-state index in [1.54, 1.807) is 24.2 Å². The van der Waals surface area contributed by atoms with Gasteiger partial charge in [0.25, 0.3) is 5.91 Å². The number of hydrogen-bond acceptors (Lipinski definition) is 5. The maximum Gasteiger partial charge on any atom is 0.251 e. The lowest BCUT2D eigenvalue weighted by molar-refractivity contribution is 0.0939. The molecule has 3 heterocycles. The number of thioether (sulfide) groups is 1. The zero-order valence-corrected chi connectivity index (χ0v) is 20.2. The van der Waals surface area contributed by atoms with Crippen molar-refractivity contribution >= 4 is 28.8 Å². The zero-order chi connectivity index (χ0) is 24.0. The minimum absolute atomic E-state index is 0.0269. The number of amides is 1. The summed E-state index contributed by atoms with van der Waals surface area (Å²) in [4.78, 5) is 22.1. The summed E-state index contributed by atoms with van der Waals surface area (Å²) in [6.45, 7) is 2.60. The summed E-state index contributed by atoms with van der Waals surface area (Å²) in [5, 5.41) is 3.96. The highest BCUT2D eigenvalue weighted by atomic mass is 32.2. The number of hydrogen-bond donors (Lipinski definition) is 1. The van der Waals surface area contributed by atoms with Crippen LogP contribution in [0.2, 0.25) is 0 Å². The Morgan fingerprint density at radius 1 is 1.00 bits per heavy atom. The van der Waals surface area contributed by atoms with Crippen LogP contribution in [0.5, 0.6) is 0 Å². The number of furan rings is 1. The van der Waals surface area contributed by atoms with Crippen molar-refractivity contribution in [3.8, 4) is 0 Å². The van der Waals surface area contributed by atoms with Gasteiger partial charge in [0, 0.05) is 30.0 Å². The molecule has 1 amide bonds. The van der Waals surface area contributed by atoms with E-state index in [1.807, 2.05) is 61.5 Å². The first-order chi connectivity index (χ1) is 17.2. The first-order valence-corrected chi connectivity index (χ1v) is 12.5. The molecule has 0 saturated carbocycles. The summed E-state index contributed by atoms with van der Waals surface area (Å²) in [6.07, 6.45) is 4.09. The van der Waals surface area contributed by atoms with Crippen LogP contribution in [-0.2, 0) is 18.7 Å². The highest BCUT2D eigenvalue weighted by Crippen LogP contribution is 2.27. The van der Waals surface area contributed by atoms with Gasteiger partial charge >= 0.3 is 0 Å². The van der Waals surface area contributed by atoms with Gasteiger partial charge in [0.15, 0.2) is 10.8 Å². The second-order valence-corrected chi connectivity index (χ2v) is 9.40. The zero-order valence-electron chi connectivity index (χ0n) is 19.4. The number of rotatable bonds is 9. The van der Waals surface area contributed by atoms with Gasteiger partial charge in [0.2, 0.25) is 0 Å². The van der Waals surface area contributed by atoms with Crippen LogP contribution in [0.25, 0.3) is 11.2 Å². The van der Waals surface area contributed by atoms with Crippen molar-refractivity contribution in [2.45, 2.75) is 36.8 Å². The minimum atomic E-state index is -0.0931. The second kappa shape index (κ2) is 10.6. The molecule has 1 N–H and O–H groups in total. The monoisotopic (exact) mass is 482 g/mol. The number of pyridine rings is 1. The van der Waals surface area contributed by atoms with Gasteiger partial charge in [-0.3, -0.25) is 9.36 Å². The molecule has 2 aromatic carbocycles. The number of benzene rings is 2. The SMILES string of the molecule is C[C@H](Cc1ccco1)NC(=O)c1ccc(Cn2c(SCc3ccccc3)nc3cccnc32)cc1. The average molecular weight is 483 g/mol. The summed E-state index contributed by atoms with van der Waals surface area (Å²) in [5.74, 6) is 1.60. The Morgan fingerprint density at radius 3 is 2.60 bits per heavy atom. The number of nitrogens with zero attached hydrogens (tertiary/aromatic N) is 3. The number of carbonyl (C=O) groups excluding carboxylic acids is 1. The Hall–Kier alpha value is -3.84. The maximum atomic E-state index is 12.7. The first-order valence-electron chi connectivity index (χ1n) is 11.6. The van der Waals surface area contributed by atoms with Crippen molar-refractivity contribution in [1.82, 2.24) is 19.9 Å². The van der Waals surface area contributed by atoms with Gasteiger partial charge in [-0.15, -0.1) is 0 Å². The van der Waals surface area contributed by atoms with E-state index in [-0.39, 0.29) is 11.9 Å². The Bertz CT molecular complexity index is 1400. The first kappa shape index (κ1) is 22.9. The summed E-state index contributed by atoms with van der Waals surface area (Å²) in [7, 11) is 0. The molecule has 1 atom stereocenters. The van der Waals surface area contributed by atoms with Gasteiger partial charge < -0.3 is 9.73 Å². The third-order valence-electron chi connectivity index (χ3n) is 5.70. The molecule has 5 rings (SSSR count). The van der Waals surface area contributed by atoms with E-state index in [4.69, 9.17) is 9.40 Å². The van der Waals surface area contributed by atoms with Crippen LogP contribution in [0.3, 0.4) is 0 Å². The molecule has 0 aliphatic heterocycles. The summed E-state index contributed by atoms with van der Waals surface area (Å²) >= 11 is 1.70. The molecule has 0 aliphatic carbocycles. The predicted molar refractivity (Wildman–Crippen MR) is 138 cm³/mol. The maximum absolute atomic E-state index is 12.7. The lowest BCUT2D eigenvalue weighted by Crippen LogP contribution is -2.33. The quantitative estimate of drug-likeness (QED) is 0.272. The van der Waals surface area contributed by atoms with Gasteiger partial charge in [-0.25, -0.2) is 9.97 Å². The van der Waals surface area contributed by atoms with Gasteiger partial charge in [-0.2, -0.15) is 0 Å². The molecule has 0 aliphatic rings. The number of imidazole rings is 1. The van der Waals surface area contributed by atoms with Crippen molar-refractivity contribution < 1.29 is 9.21 Å². The van der Waals surface area contributed by atoms with E-state index < -0.39 is 0 Å². The van der Waals surface area contributed by atoms with E-state index >= 15 is 0 Å². The molecule has 0 saturated heterocycles. The summed E-state index contributed by atoms with van der Waals surface area (Å²) in [5.41, 5.74) is 4.70. The van der Waals surface area contributed by atoms with Crippen molar-refractivity contribution in [2.24, 2.45) is 0 Å². The standard InChI is InChI=1S/C28H26N4O2S/c1-20(17-24-9-6-16-34-24)30-27(33)23-13-11-21(12-14-23)18-32-26-25(10-5-15-29-26)31-28(32)35-19-22-7-3-2-4-8-22/h2-16,20H,17-19H2,1H3,(H,30,33)/t20-/m1/s1. The largest absolute Gasteiger partial charge is 0.469 e. The summed E-state index contributed by atoms with van der Waals surface area (Å²) < 4.78 is 7.52. The fourth-order valence-corrected chi connectivity index (χ4v) is 4.90. The van der Waals surface area contributed by atoms with E-state index in [2.05, 4.69) is 39.1 Å². The van der Waals surface area contributed by atoms with Crippen molar-refractivity contribution in [1.29, 1.82) is 0 Å². The van der Waals surface area contributed by atoms with E-state index in [1.165, 1.54) is 5.56 Å². The highest BCUT2D eigenvalue weighted by Gasteiger charge is 2.15. The molecule has 5 aromatic rings. The molecular weight excluding hydrogens is 456 g/mol. The molecule has 176 valence electrons. The number of aromatic nitrogens is 3. The van der Waals surface area contributed by atoms with E-state index in [0.717, 1.165) is 33.4 Å². The van der Waals surface area contributed by atoms with Crippen LogP contribution < -0.4 is 5.32 Å². The lowest BCUT2D eigenvalue weighted by atomic mass is 10.1. The molecule has 0 spiro atoms. The van der Waals surface area contributed by atoms with E-state index in [0.29, 0.717) is 18.5 Å². The Balaban J connectivity index is 1.29. The van der Waals surface area contributed by atoms with Crippen molar-refractivity contribution in [3.63, 3.8) is 0 Å². The molecule has 6 nitrogen and oxygen atoms in total. The fourth-order valence-electron chi connectivity index (χ4n) is 3.95. The number of carbonyl (C=O) groups is 1. The Kier molecular flexibility index (Phi) is 6.95. The topological polar surface area (TPSA) is 73.0 Å². The van der Waals surface area contributed by atoms with Crippen LogP contribution >= 0.6 is 11.8 Å². The van der Waals surface area contributed by atoms with Crippen LogP contribution in [0.15, 0.2) is 101 Å². The van der Waals surface area contributed by atoms with Crippen molar-refractivity contribution in [2.75, 3.05) is 0 Å².